The second kappa shape index (κ2) is 5.06. The lowest BCUT2D eigenvalue weighted by molar-refractivity contribution is -0.140. The molecule has 0 aromatic heterocycles. The van der Waals surface area contributed by atoms with Crippen LogP contribution in [0.3, 0.4) is 0 Å². The molecule has 3 N–H and O–H groups in total. The summed E-state index contributed by atoms with van der Waals surface area (Å²) in [6.45, 7) is 1.45. The molecule has 0 bridgehead atoms. The van der Waals surface area contributed by atoms with Crippen LogP contribution in [0.2, 0.25) is 0 Å². The van der Waals surface area contributed by atoms with Crippen molar-refractivity contribution in [2.75, 3.05) is 5.32 Å². The van der Waals surface area contributed by atoms with Crippen LogP contribution < -0.4 is 5.32 Å². The van der Waals surface area contributed by atoms with E-state index in [-0.39, 0.29) is 0 Å². The van der Waals surface area contributed by atoms with Crippen LogP contribution in [-0.2, 0) is 4.79 Å². The number of anilines is 1. The van der Waals surface area contributed by atoms with Gasteiger partial charge in [0.1, 0.15) is 0 Å². The summed E-state index contributed by atoms with van der Waals surface area (Å²) in [5.41, 5.74) is 0.682. The van der Waals surface area contributed by atoms with Gasteiger partial charge in [0.15, 0.2) is 6.04 Å². The van der Waals surface area contributed by atoms with Gasteiger partial charge in [-0.05, 0) is 29.8 Å². The number of carboxylic acids is 1. The van der Waals surface area contributed by atoms with Crippen LogP contribution in [0.25, 0.3) is 10.8 Å². The van der Waals surface area contributed by atoms with Crippen LogP contribution in [0.5, 0.6) is 0 Å². The normalized spacial score (nSPS) is 14.1. The van der Waals surface area contributed by atoms with E-state index in [0.717, 1.165) is 10.8 Å². The molecule has 2 aromatic rings. The summed E-state index contributed by atoms with van der Waals surface area (Å²) in [5, 5.41) is 23.3. The van der Waals surface area contributed by atoms with Crippen LogP contribution in [-0.4, -0.2) is 28.3 Å². The number of aliphatic hydroxyl groups excluding tert-OH is 1. The summed E-state index contributed by atoms with van der Waals surface area (Å²) >= 11 is 0. The molecule has 0 radical (unpaired) electrons. The van der Waals surface area contributed by atoms with Crippen LogP contribution >= 0.6 is 0 Å². The zero-order valence-corrected chi connectivity index (χ0v) is 10.00. The van der Waals surface area contributed by atoms with E-state index in [1.807, 2.05) is 36.4 Å². The van der Waals surface area contributed by atoms with E-state index in [2.05, 4.69) is 5.32 Å². The first-order valence-electron chi connectivity index (χ1n) is 5.74. The van der Waals surface area contributed by atoms with Crippen molar-refractivity contribution in [1.29, 1.82) is 0 Å². The lowest BCUT2D eigenvalue weighted by Gasteiger charge is -2.18. The minimum absolute atomic E-state index is 0.682. The molecule has 4 heteroatoms. The Bertz CT molecular complexity index is 566. The summed E-state index contributed by atoms with van der Waals surface area (Å²) in [4.78, 5) is 11.0. The first-order valence-corrected chi connectivity index (χ1v) is 5.74. The number of aliphatic carboxylic acids is 1. The largest absolute Gasteiger partial charge is 0.480 e. The maximum absolute atomic E-state index is 11.0. The summed E-state index contributed by atoms with van der Waals surface area (Å²) < 4.78 is 0. The van der Waals surface area contributed by atoms with Crippen LogP contribution in [0.15, 0.2) is 42.5 Å². The minimum Gasteiger partial charge on any atom is -0.480 e. The molecule has 0 fully saturated rings. The Balaban J connectivity index is 2.28. The van der Waals surface area contributed by atoms with Crippen molar-refractivity contribution < 1.29 is 15.0 Å². The number of carbonyl (C=O) groups is 1. The predicted octanol–water partition coefficient (Wildman–Crippen LogP) is 2.09. The molecule has 0 saturated heterocycles. The lowest BCUT2D eigenvalue weighted by atomic mass is 10.1. The van der Waals surface area contributed by atoms with E-state index in [1.165, 1.54) is 6.92 Å². The maximum Gasteiger partial charge on any atom is 0.328 e. The van der Waals surface area contributed by atoms with Gasteiger partial charge >= 0.3 is 5.97 Å². The molecule has 0 amide bonds. The Labute approximate surface area is 105 Å². The highest BCUT2D eigenvalue weighted by Gasteiger charge is 2.22. The van der Waals surface area contributed by atoms with Crippen molar-refractivity contribution in [3.8, 4) is 0 Å². The molecule has 0 aliphatic heterocycles. The van der Waals surface area contributed by atoms with E-state index >= 15 is 0 Å². The van der Waals surface area contributed by atoms with E-state index in [1.54, 1.807) is 6.07 Å². The van der Waals surface area contributed by atoms with Gasteiger partial charge in [0.2, 0.25) is 0 Å². The molecule has 2 rings (SSSR count). The fourth-order valence-corrected chi connectivity index (χ4v) is 1.85. The zero-order valence-electron chi connectivity index (χ0n) is 10.00. The number of nitrogens with one attached hydrogen (secondary N) is 1. The maximum atomic E-state index is 11.0. The van der Waals surface area contributed by atoms with Gasteiger partial charge in [-0.2, -0.15) is 0 Å². The van der Waals surface area contributed by atoms with Crippen molar-refractivity contribution in [3.05, 3.63) is 42.5 Å². The van der Waals surface area contributed by atoms with Crippen LogP contribution in [0.1, 0.15) is 6.92 Å². The summed E-state index contributed by atoms with van der Waals surface area (Å²) in [5.74, 6) is -1.07. The molecule has 2 aromatic carbocycles. The van der Waals surface area contributed by atoms with Crippen molar-refractivity contribution in [1.82, 2.24) is 0 Å². The van der Waals surface area contributed by atoms with Crippen molar-refractivity contribution in [2.45, 2.75) is 19.1 Å². The second-order valence-corrected chi connectivity index (χ2v) is 4.26. The fraction of sp³-hybridized carbons (Fsp3) is 0.214. The number of carboxylic acid groups (broad SMARTS) is 1. The standard InChI is InChI=1S/C14H15NO3/c1-9(16)13(14(17)18)15-12-7-6-10-4-2-3-5-11(10)8-12/h2-9,13,15-16H,1H3,(H,17,18). The van der Waals surface area contributed by atoms with Crippen molar-refractivity contribution in [3.63, 3.8) is 0 Å². The molecule has 0 heterocycles. The number of fused-ring (bicyclic) bond motifs is 1. The van der Waals surface area contributed by atoms with Gasteiger partial charge < -0.3 is 15.5 Å². The SMILES string of the molecule is CC(O)C(Nc1ccc2ccccc2c1)C(=O)O. The minimum atomic E-state index is -1.07. The van der Waals surface area contributed by atoms with E-state index in [4.69, 9.17) is 5.11 Å². The van der Waals surface area contributed by atoms with Gasteiger partial charge in [0.05, 0.1) is 6.10 Å². The Hall–Kier alpha value is -2.07. The molecule has 18 heavy (non-hydrogen) atoms. The first kappa shape index (κ1) is 12.4. The summed E-state index contributed by atoms with van der Waals surface area (Å²) in [7, 11) is 0. The topological polar surface area (TPSA) is 69.6 Å². The molecule has 2 atom stereocenters. The summed E-state index contributed by atoms with van der Waals surface area (Å²) in [6.07, 6.45) is -0.964. The highest BCUT2D eigenvalue weighted by atomic mass is 16.4. The summed E-state index contributed by atoms with van der Waals surface area (Å²) in [6, 6.07) is 12.4. The van der Waals surface area contributed by atoms with E-state index < -0.39 is 18.1 Å². The molecule has 2 unspecified atom stereocenters. The molecule has 94 valence electrons. The van der Waals surface area contributed by atoms with Crippen LogP contribution in [0.4, 0.5) is 5.69 Å². The van der Waals surface area contributed by atoms with Crippen molar-refractivity contribution >= 4 is 22.4 Å². The lowest BCUT2D eigenvalue weighted by Crippen LogP contribution is -2.38. The smallest absolute Gasteiger partial charge is 0.328 e. The van der Waals surface area contributed by atoms with Gasteiger partial charge in [-0.25, -0.2) is 4.79 Å². The highest BCUT2D eigenvalue weighted by Crippen LogP contribution is 2.19. The van der Waals surface area contributed by atoms with Gasteiger partial charge in [-0.1, -0.05) is 30.3 Å². The number of aliphatic hydroxyl groups is 1. The molecular formula is C14H15NO3. The second-order valence-electron chi connectivity index (χ2n) is 4.26. The van der Waals surface area contributed by atoms with Gasteiger partial charge in [0.25, 0.3) is 0 Å². The number of hydrogen-bond donors (Lipinski definition) is 3. The molecule has 0 aliphatic carbocycles. The van der Waals surface area contributed by atoms with Gasteiger partial charge in [-0.3, -0.25) is 0 Å². The Morgan fingerprint density at radius 1 is 1.17 bits per heavy atom. The number of benzene rings is 2. The third kappa shape index (κ3) is 2.60. The van der Waals surface area contributed by atoms with Crippen molar-refractivity contribution in [2.24, 2.45) is 0 Å². The van der Waals surface area contributed by atoms with Gasteiger partial charge in [-0.15, -0.1) is 0 Å². The number of hydrogen-bond acceptors (Lipinski definition) is 3. The predicted molar refractivity (Wildman–Crippen MR) is 70.7 cm³/mol. The quantitative estimate of drug-likeness (QED) is 0.771. The molecule has 0 spiro atoms. The fourth-order valence-electron chi connectivity index (χ4n) is 1.85. The zero-order chi connectivity index (χ0) is 13.1. The molecular weight excluding hydrogens is 230 g/mol. The van der Waals surface area contributed by atoms with Gasteiger partial charge in [0, 0.05) is 5.69 Å². The first-order chi connectivity index (χ1) is 8.58. The van der Waals surface area contributed by atoms with Crippen LogP contribution in [0, 0.1) is 0 Å². The monoisotopic (exact) mass is 245 g/mol. The molecule has 0 aliphatic rings. The van der Waals surface area contributed by atoms with E-state index in [0.29, 0.717) is 5.69 Å². The molecule has 4 nitrogen and oxygen atoms in total. The Morgan fingerprint density at radius 2 is 1.83 bits per heavy atom. The Kier molecular flexibility index (Phi) is 3.48. The average molecular weight is 245 g/mol. The van der Waals surface area contributed by atoms with E-state index in [9.17, 15) is 9.90 Å². The molecule has 0 saturated carbocycles. The third-order valence-electron chi connectivity index (χ3n) is 2.82. The number of rotatable bonds is 4. The highest BCUT2D eigenvalue weighted by molar-refractivity contribution is 5.86. The average Bonchev–Trinajstić information content (AvgIpc) is 2.35. The Morgan fingerprint density at radius 3 is 2.44 bits per heavy atom. The third-order valence-corrected chi connectivity index (χ3v) is 2.82.